The van der Waals surface area contributed by atoms with E-state index in [0.29, 0.717) is 12.5 Å². The topological polar surface area (TPSA) is 38.0 Å². The van der Waals surface area contributed by atoms with Gasteiger partial charge in [0.25, 0.3) is 0 Å². The van der Waals surface area contributed by atoms with E-state index in [-0.39, 0.29) is 16.2 Å². The van der Waals surface area contributed by atoms with E-state index in [9.17, 15) is 8.78 Å². The molecule has 0 amide bonds. The lowest BCUT2D eigenvalue weighted by molar-refractivity contribution is 0.470. The second-order valence-corrected chi connectivity index (χ2v) is 5.42. The van der Waals surface area contributed by atoms with Crippen molar-refractivity contribution in [2.45, 2.75) is 39.5 Å². The lowest BCUT2D eigenvalue weighted by atomic mass is 9.99. The maximum absolute atomic E-state index is 13.9. The van der Waals surface area contributed by atoms with Crippen molar-refractivity contribution in [3.05, 3.63) is 29.3 Å². The summed E-state index contributed by atoms with van der Waals surface area (Å²) >= 11 is 4.72. The van der Waals surface area contributed by atoms with Gasteiger partial charge in [0.15, 0.2) is 0 Å². The lowest BCUT2D eigenvalue weighted by Gasteiger charge is -2.17. The fourth-order valence-corrected chi connectivity index (χ4v) is 2.19. The quantitative estimate of drug-likeness (QED) is 0.706. The fourth-order valence-electron chi connectivity index (χ4n) is 2.07. The summed E-state index contributed by atoms with van der Waals surface area (Å²) in [5, 5.41) is 2.87. The minimum absolute atomic E-state index is 0.0104. The Balaban J connectivity index is 2.75. The summed E-state index contributed by atoms with van der Waals surface area (Å²) in [6, 6.07) is 2.33. The van der Waals surface area contributed by atoms with Gasteiger partial charge in [-0.15, -0.1) is 0 Å². The van der Waals surface area contributed by atoms with Crippen LogP contribution in [-0.2, 0) is 0 Å². The second-order valence-electron chi connectivity index (χ2n) is 4.98. The van der Waals surface area contributed by atoms with Crippen LogP contribution in [0.3, 0.4) is 0 Å². The Kier molecular flexibility index (Phi) is 6.85. The number of anilines is 1. The van der Waals surface area contributed by atoms with Crippen molar-refractivity contribution in [3.8, 4) is 0 Å². The van der Waals surface area contributed by atoms with E-state index in [0.717, 1.165) is 25.7 Å². The molecule has 1 atom stereocenters. The molecule has 1 unspecified atom stereocenters. The van der Waals surface area contributed by atoms with Crippen LogP contribution in [-0.4, -0.2) is 11.5 Å². The summed E-state index contributed by atoms with van der Waals surface area (Å²) in [7, 11) is 0. The minimum atomic E-state index is -0.654. The van der Waals surface area contributed by atoms with Gasteiger partial charge in [-0.2, -0.15) is 0 Å². The summed E-state index contributed by atoms with van der Waals surface area (Å²) in [6.45, 7) is 4.79. The summed E-state index contributed by atoms with van der Waals surface area (Å²) in [6.07, 6.45) is 4.31. The first-order valence-corrected chi connectivity index (χ1v) is 7.43. The van der Waals surface area contributed by atoms with Crippen LogP contribution in [0, 0.1) is 17.6 Å². The van der Waals surface area contributed by atoms with Gasteiger partial charge in [0.05, 0.1) is 0 Å². The van der Waals surface area contributed by atoms with E-state index < -0.39 is 11.6 Å². The first-order valence-electron chi connectivity index (χ1n) is 7.02. The third-order valence-corrected chi connectivity index (χ3v) is 3.67. The molecule has 20 heavy (non-hydrogen) atoms. The number of hydrogen-bond donors (Lipinski definition) is 2. The van der Waals surface area contributed by atoms with Crippen molar-refractivity contribution in [2.24, 2.45) is 11.7 Å². The van der Waals surface area contributed by atoms with Crippen molar-refractivity contribution < 1.29 is 8.78 Å². The molecular weight excluding hydrogens is 278 g/mol. The largest absolute Gasteiger partial charge is 0.389 e. The highest BCUT2D eigenvalue weighted by Crippen LogP contribution is 2.22. The van der Waals surface area contributed by atoms with Gasteiger partial charge in [-0.05, 0) is 24.5 Å². The van der Waals surface area contributed by atoms with E-state index >= 15 is 0 Å². The first-order chi connectivity index (χ1) is 9.49. The van der Waals surface area contributed by atoms with E-state index in [1.165, 1.54) is 12.1 Å². The lowest BCUT2D eigenvalue weighted by Crippen LogP contribution is -2.16. The number of nitrogens with one attached hydrogen (secondary N) is 1. The van der Waals surface area contributed by atoms with Gasteiger partial charge in [0.2, 0.25) is 0 Å². The summed E-state index contributed by atoms with van der Waals surface area (Å²) in [5.74, 6) is -0.889. The molecular formula is C15H22F2N2S. The molecule has 5 heteroatoms. The molecule has 0 aliphatic rings. The van der Waals surface area contributed by atoms with Crippen LogP contribution in [0.2, 0.25) is 0 Å². The molecule has 0 spiro atoms. The molecule has 0 aromatic heterocycles. The average molecular weight is 300 g/mol. The molecule has 0 radical (unpaired) electrons. The number of benzene rings is 1. The summed E-state index contributed by atoms with van der Waals surface area (Å²) in [5.41, 5.74) is 5.49. The van der Waals surface area contributed by atoms with Crippen LogP contribution in [0.1, 0.15) is 45.1 Å². The first kappa shape index (κ1) is 16.8. The van der Waals surface area contributed by atoms with Gasteiger partial charge in [-0.3, -0.25) is 0 Å². The monoisotopic (exact) mass is 300 g/mol. The van der Waals surface area contributed by atoms with Gasteiger partial charge in [-0.25, -0.2) is 8.78 Å². The van der Waals surface area contributed by atoms with Crippen LogP contribution < -0.4 is 11.1 Å². The molecule has 3 N–H and O–H groups in total. The molecule has 0 saturated heterocycles. The highest BCUT2D eigenvalue weighted by molar-refractivity contribution is 7.80. The Morgan fingerprint density at radius 2 is 1.90 bits per heavy atom. The molecule has 1 aromatic rings. The number of unbranched alkanes of at least 4 members (excludes halogenated alkanes) is 1. The predicted molar refractivity (Wildman–Crippen MR) is 84.0 cm³/mol. The normalized spacial score (nSPS) is 12.2. The predicted octanol–water partition coefficient (Wildman–Crippen LogP) is 4.23. The Labute approximate surface area is 124 Å². The van der Waals surface area contributed by atoms with E-state index in [1.54, 1.807) is 0 Å². The molecule has 0 aliphatic carbocycles. The zero-order chi connectivity index (χ0) is 15.1. The maximum Gasteiger partial charge on any atom is 0.150 e. The number of halogens is 2. The van der Waals surface area contributed by atoms with Crippen LogP contribution in [0.5, 0.6) is 0 Å². The van der Waals surface area contributed by atoms with Gasteiger partial charge in [0.1, 0.15) is 22.3 Å². The standard InChI is InChI=1S/C15H22F2N2S/c1-3-5-6-10(4-2)9-19-14-12(16)7-11(15(18)20)8-13(14)17/h7-8,10,19H,3-6,9H2,1-2H3,(H2,18,20). The number of nitrogens with two attached hydrogens (primary N) is 1. The third-order valence-electron chi connectivity index (χ3n) is 3.44. The molecule has 0 saturated carbocycles. The highest BCUT2D eigenvalue weighted by Gasteiger charge is 2.14. The van der Waals surface area contributed by atoms with Gasteiger partial charge < -0.3 is 11.1 Å². The van der Waals surface area contributed by atoms with E-state index in [4.69, 9.17) is 18.0 Å². The molecule has 112 valence electrons. The molecule has 2 nitrogen and oxygen atoms in total. The SMILES string of the molecule is CCCCC(CC)CNc1c(F)cc(C(N)=S)cc1F. The summed E-state index contributed by atoms with van der Waals surface area (Å²) in [4.78, 5) is -0.0104. The minimum Gasteiger partial charge on any atom is -0.389 e. The van der Waals surface area contributed by atoms with Crippen molar-refractivity contribution in [2.75, 3.05) is 11.9 Å². The van der Waals surface area contributed by atoms with Crippen LogP contribution in [0.4, 0.5) is 14.5 Å². The molecule has 1 aromatic carbocycles. The zero-order valence-corrected chi connectivity index (χ0v) is 12.8. The van der Waals surface area contributed by atoms with E-state index in [1.807, 2.05) is 0 Å². The molecule has 0 heterocycles. The Morgan fingerprint density at radius 3 is 2.35 bits per heavy atom. The molecule has 0 aliphatic heterocycles. The van der Waals surface area contributed by atoms with E-state index in [2.05, 4.69) is 19.2 Å². The van der Waals surface area contributed by atoms with Gasteiger partial charge >= 0.3 is 0 Å². The maximum atomic E-state index is 13.9. The highest BCUT2D eigenvalue weighted by atomic mass is 32.1. The van der Waals surface area contributed by atoms with Crippen molar-refractivity contribution in [1.29, 1.82) is 0 Å². The molecule has 1 rings (SSSR count). The van der Waals surface area contributed by atoms with Gasteiger partial charge in [0, 0.05) is 12.1 Å². The fraction of sp³-hybridized carbons (Fsp3) is 0.533. The Morgan fingerprint density at radius 1 is 1.30 bits per heavy atom. The number of rotatable bonds is 8. The van der Waals surface area contributed by atoms with Gasteiger partial charge in [-0.1, -0.05) is 45.3 Å². The van der Waals surface area contributed by atoms with Crippen molar-refractivity contribution >= 4 is 22.9 Å². The number of thiocarbonyl (C=S) groups is 1. The van der Waals surface area contributed by atoms with Crippen LogP contribution in [0.25, 0.3) is 0 Å². The van der Waals surface area contributed by atoms with Crippen molar-refractivity contribution in [1.82, 2.24) is 0 Å². The molecule has 0 fully saturated rings. The smallest absolute Gasteiger partial charge is 0.150 e. The summed E-state index contributed by atoms with van der Waals surface area (Å²) < 4.78 is 27.7. The van der Waals surface area contributed by atoms with Crippen molar-refractivity contribution in [3.63, 3.8) is 0 Å². The molecule has 0 bridgehead atoms. The second kappa shape index (κ2) is 8.15. The Hall–Kier alpha value is -1.23. The average Bonchev–Trinajstić information content (AvgIpc) is 2.40. The third kappa shape index (κ3) is 4.71. The zero-order valence-electron chi connectivity index (χ0n) is 12.0. The van der Waals surface area contributed by atoms with Crippen LogP contribution in [0.15, 0.2) is 12.1 Å². The Bertz CT molecular complexity index is 440. The number of hydrogen-bond acceptors (Lipinski definition) is 2. The van der Waals surface area contributed by atoms with Crippen LogP contribution >= 0.6 is 12.2 Å².